The second-order valence-electron chi connectivity index (χ2n) is 3.55. The molecular formula is C13H6BrCl2FO. The minimum Gasteiger partial charge on any atom is -0.288 e. The number of halogens is 4. The molecule has 2 aromatic rings. The lowest BCUT2D eigenvalue weighted by molar-refractivity contribution is 0.103. The van der Waals surface area contributed by atoms with E-state index in [9.17, 15) is 9.18 Å². The van der Waals surface area contributed by atoms with Gasteiger partial charge in [-0.1, -0.05) is 45.2 Å². The summed E-state index contributed by atoms with van der Waals surface area (Å²) in [7, 11) is 0. The SMILES string of the molecule is O=C(c1ccc(Br)cc1F)c1cccc(Cl)c1Cl. The zero-order chi connectivity index (χ0) is 13.3. The van der Waals surface area contributed by atoms with Gasteiger partial charge in [0.05, 0.1) is 15.6 Å². The topological polar surface area (TPSA) is 17.1 Å². The first-order chi connectivity index (χ1) is 8.50. The number of carbonyl (C=O) groups excluding carboxylic acids is 1. The van der Waals surface area contributed by atoms with Gasteiger partial charge in [-0.2, -0.15) is 0 Å². The average Bonchev–Trinajstić information content (AvgIpc) is 2.32. The summed E-state index contributed by atoms with van der Waals surface area (Å²) in [5.41, 5.74) is 0.146. The normalized spacial score (nSPS) is 10.4. The molecule has 0 fully saturated rings. The zero-order valence-corrected chi connectivity index (χ0v) is 12.0. The minimum atomic E-state index is -0.606. The molecule has 0 heterocycles. The third kappa shape index (κ3) is 2.58. The van der Waals surface area contributed by atoms with Crippen molar-refractivity contribution in [3.63, 3.8) is 0 Å². The molecule has 0 aliphatic rings. The van der Waals surface area contributed by atoms with Gasteiger partial charge >= 0.3 is 0 Å². The summed E-state index contributed by atoms with van der Waals surface area (Å²) in [5, 5.41) is 0.395. The highest BCUT2D eigenvalue weighted by Crippen LogP contribution is 2.28. The predicted molar refractivity (Wildman–Crippen MR) is 74.0 cm³/mol. The minimum absolute atomic E-state index is 0.0395. The largest absolute Gasteiger partial charge is 0.288 e. The van der Waals surface area contributed by atoms with Crippen LogP contribution >= 0.6 is 39.1 Å². The van der Waals surface area contributed by atoms with E-state index in [2.05, 4.69) is 15.9 Å². The van der Waals surface area contributed by atoms with Crippen LogP contribution in [-0.4, -0.2) is 5.78 Å². The van der Waals surface area contributed by atoms with Crippen molar-refractivity contribution in [1.82, 2.24) is 0 Å². The van der Waals surface area contributed by atoms with Crippen LogP contribution in [0.1, 0.15) is 15.9 Å². The van der Waals surface area contributed by atoms with Gasteiger partial charge in [-0.3, -0.25) is 4.79 Å². The standard InChI is InChI=1S/C13H6BrCl2FO/c14-7-4-5-8(11(17)6-7)13(18)9-2-1-3-10(15)12(9)16/h1-6H. The first-order valence-corrected chi connectivity index (χ1v) is 6.49. The Hall–Kier alpha value is -0.900. The number of hydrogen-bond acceptors (Lipinski definition) is 1. The van der Waals surface area contributed by atoms with E-state index in [1.165, 1.54) is 18.2 Å². The number of benzene rings is 2. The Labute approximate surface area is 122 Å². The number of ketones is 1. The second kappa shape index (κ2) is 5.39. The van der Waals surface area contributed by atoms with E-state index < -0.39 is 11.6 Å². The smallest absolute Gasteiger partial charge is 0.197 e. The fraction of sp³-hybridized carbons (Fsp3) is 0. The summed E-state index contributed by atoms with van der Waals surface area (Å²) < 4.78 is 14.3. The van der Waals surface area contributed by atoms with Crippen LogP contribution in [0.2, 0.25) is 10.0 Å². The van der Waals surface area contributed by atoms with Gasteiger partial charge in [0.15, 0.2) is 5.78 Å². The average molecular weight is 348 g/mol. The van der Waals surface area contributed by atoms with Crippen LogP contribution in [0.25, 0.3) is 0 Å². The third-order valence-electron chi connectivity index (χ3n) is 2.37. The molecule has 2 aromatic carbocycles. The maximum Gasteiger partial charge on any atom is 0.197 e. The first-order valence-electron chi connectivity index (χ1n) is 4.94. The summed E-state index contributed by atoms with van der Waals surface area (Å²) in [6.07, 6.45) is 0. The monoisotopic (exact) mass is 346 g/mol. The Morgan fingerprint density at radius 2 is 1.83 bits per heavy atom. The highest BCUT2D eigenvalue weighted by molar-refractivity contribution is 9.10. The van der Waals surface area contributed by atoms with Crippen LogP contribution < -0.4 is 0 Å². The van der Waals surface area contributed by atoms with Gasteiger partial charge in [-0.15, -0.1) is 0 Å². The van der Waals surface area contributed by atoms with Crippen LogP contribution in [0.15, 0.2) is 40.9 Å². The summed E-state index contributed by atoms with van der Waals surface area (Å²) in [4.78, 5) is 12.2. The molecule has 0 saturated heterocycles. The van der Waals surface area contributed by atoms with Crippen molar-refractivity contribution >= 4 is 44.9 Å². The first kappa shape index (κ1) is 13.5. The molecule has 2 rings (SSSR count). The van der Waals surface area contributed by atoms with E-state index in [1.807, 2.05) is 0 Å². The highest BCUT2D eigenvalue weighted by atomic mass is 79.9. The fourth-order valence-corrected chi connectivity index (χ4v) is 2.22. The van der Waals surface area contributed by atoms with Gasteiger partial charge in [0.1, 0.15) is 5.82 Å². The van der Waals surface area contributed by atoms with Crippen molar-refractivity contribution < 1.29 is 9.18 Å². The van der Waals surface area contributed by atoms with Gasteiger partial charge in [-0.25, -0.2) is 4.39 Å². The highest BCUT2D eigenvalue weighted by Gasteiger charge is 2.18. The maximum atomic E-state index is 13.7. The Morgan fingerprint density at radius 3 is 2.50 bits per heavy atom. The van der Waals surface area contributed by atoms with Crippen LogP contribution in [0.5, 0.6) is 0 Å². The van der Waals surface area contributed by atoms with Crippen molar-refractivity contribution in [2.24, 2.45) is 0 Å². The van der Waals surface area contributed by atoms with Crippen molar-refractivity contribution in [3.8, 4) is 0 Å². The van der Waals surface area contributed by atoms with E-state index in [4.69, 9.17) is 23.2 Å². The molecule has 1 nitrogen and oxygen atoms in total. The molecule has 0 atom stereocenters. The molecule has 0 aliphatic heterocycles. The van der Waals surface area contributed by atoms with Crippen LogP contribution in [0.3, 0.4) is 0 Å². The van der Waals surface area contributed by atoms with Crippen molar-refractivity contribution in [2.75, 3.05) is 0 Å². The molecule has 92 valence electrons. The molecule has 0 amide bonds. The lowest BCUT2D eigenvalue weighted by Gasteiger charge is -2.06. The van der Waals surface area contributed by atoms with Crippen molar-refractivity contribution in [3.05, 3.63) is 67.9 Å². The lowest BCUT2D eigenvalue weighted by atomic mass is 10.0. The van der Waals surface area contributed by atoms with E-state index in [-0.39, 0.29) is 21.2 Å². The van der Waals surface area contributed by atoms with E-state index in [1.54, 1.807) is 18.2 Å². The Bertz CT molecular complexity index is 628. The maximum absolute atomic E-state index is 13.7. The number of carbonyl (C=O) groups is 1. The molecule has 18 heavy (non-hydrogen) atoms. The Kier molecular flexibility index (Phi) is 4.05. The number of rotatable bonds is 2. The van der Waals surface area contributed by atoms with Gasteiger partial charge in [0.25, 0.3) is 0 Å². The molecule has 0 radical (unpaired) electrons. The molecule has 0 aromatic heterocycles. The van der Waals surface area contributed by atoms with Gasteiger partial charge < -0.3 is 0 Å². The molecule has 0 N–H and O–H groups in total. The third-order valence-corrected chi connectivity index (χ3v) is 3.68. The molecule has 0 bridgehead atoms. The summed E-state index contributed by atoms with van der Waals surface area (Å²) >= 11 is 14.9. The molecule has 0 unspecified atom stereocenters. The zero-order valence-electron chi connectivity index (χ0n) is 8.88. The predicted octanol–water partition coefficient (Wildman–Crippen LogP) is 5.13. The van der Waals surface area contributed by atoms with E-state index >= 15 is 0 Å². The molecular weight excluding hydrogens is 342 g/mol. The number of hydrogen-bond donors (Lipinski definition) is 0. The van der Waals surface area contributed by atoms with Gasteiger partial charge in [0, 0.05) is 10.0 Å². The molecule has 0 aliphatic carbocycles. The van der Waals surface area contributed by atoms with Gasteiger partial charge in [0.2, 0.25) is 0 Å². The second-order valence-corrected chi connectivity index (χ2v) is 5.26. The fourth-order valence-electron chi connectivity index (χ4n) is 1.50. The van der Waals surface area contributed by atoms with E-state index in [0.717, 1.165) is 0 Å². The molecule has 0 saturated carbocycles. The van der Waals surface area contributed by atoms with Gasteiger partial charge in [-0.05, 0) is 30.3 Å². The summed E-state index contributed by atoms with van der Waals surface area (Å²) in [6, 6.07) is 8.90. The van der Waals surface area contributed by atoms with E-state index in [0.29, 0.717) is 4.47 Å². The van der Waals surface area contributed by atoms with Crippen molar-refractivity contribution in [1.29, 1.82) is 0 Å². The molecule has 0 spiro atoms. The summed E-state index contributed by atoms with van der Waals surface area (Å²) in [6.45, 7) is 0. The lowest BCUT2D eigenvalue weighted by Crippen LogP contribution is -2.05. The van der Waals surface area contributed by atoms with Crippen LogP contribution in [-0.2, 0) is 0 Å². The van der Waals surface area contributed by atoms with Crippen LogP contribution in [0.4, 0.5) is 4.39 Å². The van der Waals surface area contributed by atoms with Crippen molar-refractivity contribution in [2.45, 2.75) is 0 Å². The quantitative estimate of drug-likeness (QED) is 0.688. The molecule has 5 heteroatoms. The van der Waals surface area contributed by atoms with Crippen LogP contribution in [0, 0.1) is 5.82 Å². The Morgan fingerprint density at radius 1 is 1.11 bits per heavy atom. The Balaban J connectivity index is 2.51. The summed E-state index contributed by atoms with van der Waals surface area (Å²) in [5.74, 6) is -1.10.